The zero-order chi connectivity index (χ0) is 18.4. The quantitative estimate of drug-likeness (QED) is 0.850. The molecule has 1 aromatic carbocycles. The lowest BCUT2D eigenvalue weighted by atomic mass is 10.2. The third-order valence-electron chi connectivity index (χ3n) is 3.63. The Morgan fingerprint density at radius 1 is 1.24 bits per heavy atom. The van der Waals surface area contributed by atoms with Crippen LogP contribution in [0.1, 0.15) is 33.6 Å². The highest BCUT2D eigenvalue weighted by Crippen LogP contribution is 2.21. The molecule has 7 heteroatoms. The maximum absolute atomic E-state index is 12.4. The molecule has 25 heavy (non-hydrogen) atoms. The number of alkyl carbamates (subject to hydrolysis) is 1. The van der Waals surface area contributed by atoms with Crippen LogP contribution in [0.3, 0.4) is 0 Å². The van der Waals surface area contributed by atoms with Gasteiger partial charge in [-0.05, 0) is 39.3 Å². The van der Waals surface area contributed by atoms with Crippen molar-refractivity contribution in [3.05, 3.63) is 30.3 Å². The molecule has 3 amide bonds. The lowest BCUT2D eigenvalue weighted by Crippen LogP contribution is -2.42. The molecule has 1 heterocycles. The van der Waals surface area contributed by atoms with Gasteiger partial charge in [-0.1, -0.05) is 18.2 Å². The zero-order valence-corrected chi connectivity index (χ0v) is 14.9. The molecule has 1 aliphatic heterocycles. The van der Waals surface area contributed by atoms with Gasteiger partial charge in [0.1, 0.15) is 11.6 Å². The molecule has 2 rings (SSSR count). The summed E-state index contributed by atoms with van der Waals surface area (Å²) >= 11 is 0. The summed E-state index contributed by atoms with van der Waals surface area (Å²) in [6, 6.07) is 8.85. The van der Waals surface area contributed by atoms with Crippen LogP contribution in [-0.4, -0.2) is 42.6 Å². The predicted molar refractivity (Wildman–Crippen MR) is 94.2 cm³/mol. The molecule has 136 valence electrons. The zero-order valence-electron chi connectivity index (χ0n) is 14.9. The topological polar surface area (TPSA) is 87.7 Å². The van der Waals surface area contributed by atoms with Crippen molar-refractivity contribution < 1.29 is 19.1 Å². The third-order valence-corrected chi connectivity index (χ3v) is 3.63. The monoisotopic (exact) mass is 347 g/mol. The van der Waals surface area contributed by atoms with E-state index in [1.54, 1.807) is 25.7 Å². The fourth-order valence-corrected chi connectivity index (χ4v) is 2.54. The van der Waals surface area contributed by atoms with E-state index >= 15 is 0 Å². The number of ether oxygens (including phenoxy) is 1. The van der Waals surface area contributed by atoms with Gasteiger partial charge in [-0.15, -0.1) is 0 Å². The van der Waals surface area contributed by atoms with Gasteiger partial charge in [0.15, 0.2) is 0 Å². The standard InChI is InChI=1S/C18H25N3O4/c1-18(2,3)25-17(24)19-11-9-15(22)20-14-10-12-21(16(14)23)13-7-5-4-6-8-13/h4-8,14H,9-12H2,1-3H3,(H,19,24)(H,20,22). The largest absolute Gasteiger partial charge is 0.444 e. The van der Waals surface area contributed by atoms with Crippen LogP contribution in [0.4, 0.5) is 10.5 Å². The molecule has 0 aliphatic carbocycles. The Morgan fingerprint density at radius 2 is 1.92 bits per heavy atom. The van der Waals surface area contributed by atoms with Crippen molar-refractivity contribution in [3.8, 4) is 0 Å². The van der Waals surface area contributed by atoms with E-state index in [0.717, 1.165) is 5.69 Å². The number of hydrogen-bond donors (Lipinski definition) is 2. The first-order valence-corrected chi connectivity index (χ1v) is 8.39. The Kier molecular flexibility index (Phi) is 6.01. The van der Waals surface area contributed by atoms with E-state index in [1.807, 2.05) is 30.3 Å². The number of nitrogens with zero attached hydrogens (tertiary/aromatic N) is 1. The fraction of sp³-hybridized carbons (Fsp3) is 0.500. The summed E-state index contributed by atoms with van der Waals surface area (Å²) in [4.78, 5) is 37.6. The highest BCUT2D eigenvalue weighted by molar-refractivity contribution is 6.01. The second-order valence-electron chi connectivity index (χ2n) is 6.91. The summed E-state index contributed by atoms with van der Waals surface area (Å²) in [7, 11) is 0. The second-order valence-corrected chi connectivity index (χ2v) is 6.91. The summed E-state index contributed by atoms with van der Waals surface area (Å²) < 4.78 is 5.09. The van der Waals surface area contributed by atoms with Gasteiger partial charge in [0.2, 0.25) is 11.8 Å². The first-order chi connectivity index (χ1) is 11.8. The molecule has 0 spiro atoms. The van der Waals surface area contributed by atoms with Gasteiger partial charge in [0, 0.05) is 25.2 Å². The number of benzene rings is 1. The molecule has 1 unspecified atom stereocenters. The minimum Gasteiger partial charge on any atom is -0.444 e. The van der Waals surface area contributed by atoms with E-state index in [4.69, 9.17) is 4.74 Å². The van der Waals surface area contributed by atoms with Crippen LogP contribution >= 0.6 is 0 Å². The van der Waals surface area contributed by atoms with Crippen LogP contribution in [0, 0.1) is 0 Å². The van der Waals surface area contributed by atoms with Crippen molar-refractivity contribution in [2.45, 2.75) is 45.3 Å². The van der Waals surface area contributed by atoms with Crippen LogP contribution in [0.15, 0.2) is 30.3 Å². The van der Waals surface area contributed by atoms with Crippen molar-refractivity contribution in [3.63, 3.8) is 0 Å². The fourth-order valence-electron chi connectivity index (χ4n) is 2.54. The summed E-state index contributed by atoms with van der Waals surface area (Å²) in [5, 5.41) is 5.25. The molecule has 1 aromatic rings. The van der Waals surface area contributed by atoms with E-state index in [9.17, 15) is 14.4 Å². The lowest BCUT2D eigenvalue weighted by Gasteiger charge is -2.19. The van der Waals surface area contributed by atoms with Crippen molar-refractivity contribution >= 4 is 23.6 Å². The van der Waals surface area contributed by atoms with Gasteiger partial charge in [0.05, 0.1) is 0 Å². The molecule has 7 nitrogen and oxygen atoms in total. The van der Waals surface area contributed by atoms with Crippen LogP contribution in [0.5, 0.6) is 0 Å². The first-order valence-electron chi connectivity index (χ1n) is 8.39. The van der Waals surface area contributed by atoms with Crippen molar-refractivity contribution in [1.29, 1.82) is 0 Å². The van der Waals surface area contributed by atoms with Crippen LogP contribution in [0.2, 0.25) is 0 Å². The van der Waals surface area contributed by atoms with Crippen LogP contribution < -0.4 is 15.5 Å². The minimum atomic E-state index is -0.580. The number of anilines is 1. The van der Waals surface area contributed by atoms with Crippen molar-refractivity contribution in [2.24, 2.45) is 0 Å². The van der Waals surface area contributed by atoms with Crippen LogP contribution in [0.25, 0.3) is 0 Å². The molecule has 0 saturated carbocycles. The Hall–Kier alpha value is -2.57. The number of carbonyl (C=O) groups is 3. The predicted octanol–water partition coefficient (Wildman–Crippen LogP) is 1.82. The normalized spacial score (nSPS) is 17.3. The van der Waals surface area contributed by atoms with E-state index < -0.39 is 17.7 Å². The number of amides is 3. The summed E-state index contributed by atoms with van der Waals surface area (Å²) in [6.45, 7) is 6.03. The van der Waals surface area contributed by atoms with E-state index in [2.05, 4.69) is 10.6 Å². The Bertz CT molecular complexity index is 625. The first kappa shape index (κ1) is 18.8. The lowest BCUT2D eigenvalue weighted by molar-refractivity contribution is -0.126. The molecule has 1 saturated heterocycles. The maximum atomic E-state index is 12.4. The highest BCUT2D eigenvalue weighted by atomic mass is 16.6. The molecule has 1 aliphatic rings. The van der Waals surface area contributed by atoms with E-state index in [-0.39, 0.29) is 24.8 Å². The molecule has 0 aromatic heterocycles. The maximum Gasteiger partial charge on any atom is 0.407 e. The third kappa shape index (κ3) is 5.77. The average molecular weight is 347 g/mol. The highest BCUT2D eigenvalue weighted by Gasteiger charge is 2.33. The Labute approximate surface area is 147 Å². The molecule has 0 bridgehead atoms. The Morgan fingerprint density at radius 3 is 2.56 bits per heavy atom. The summed E-state index contributed by atoms with van der Waals surface area (Å²) in [5.74, 6) is -0.385. The summed E-state index contributed by atoms with van der Waals surface area (Å²) in [6.07, 6.45) is 0.0975. The smallest absolute Gasteiger partial charge is 0.407 e. The molecule has 1 atom stereocenters. The second kappa shape index (κ2) is 8.00. The number of rotatable bonds is 5. The van der Waals surface area contributed by atoms with Crippen LogP contribution in [-0.2, 0) is 14.3 Å². The molecule has 1 fully saturated rings. The Balaban J connectivity index is 1.74. The van der Waals surface area contributed by atoms with Crippen molar-refractivity contribution in [1.82, 2.24) is 10.6 Å². The van der Waals surface area contributed by atoms with Gasteiger partial charge >= 0.3 is 6.09 Å². The number of para-hydroxylation sites is 1. The molecule has 2 N–H and O–H groups in total. The van der Waals surface area contributed by atoms with Gasteiger partial charge < -0.3 is 20.3 Å². The van der Waals surface area contributed by atoms with E-state index in [0.29, 0.717) is 13.0 Å². The van der Waals surface area contributed by atoms with Gasteiger partial charge in [-0.2, -0.15) is 0 Å². The number of hydrogen-bond acceptors (Lipinski definition) is 4. The summed E-state index contributed by atoms with van der Waals surface area (Å²) in [5.41, 5.74) is 0.250. The van der Waals surface area contributed by atoms with Gasteiger partial charge in [-0.3, -0.25) is 9.59 Å². The van der Waals surface area contributed by atoms with E-state index in [1.165, 1.54) is 0 Å². The SMILES string of the molecule is CC(C)(C)OC(=O)NCCC(=O)NC1CCN(c2ccccc2)C1=O. The minimum absolute atomic E-state index is 0.0916. The number of carbonyl (C=O) groups excluding carboxylic acids is 3. The number of nitrogens with one attached hydrogen (secondary N) is 2. The van der Waals surface area contributed by atoms with Crippen molar-refractivity contribution in [2.75, 3.05) is 18.0 Å². The molecular weight excluding hydrogens is 322 g/mol. The van der Waals surface area contributed by atoms with Gasteiger partial charge in [-0.25, -0.2) is 4.79 Å². The molecular formula is C18H25N3O4. The average Bonchev–Trinajstić information content (AvgIpc) is 2.87. The van der Waals surface area contributed by atoms with Gasteiger partial charge in [0.25, 0.3) is 0 Å². The molecule has 0 radical (unpaired) electrons.